The zero-order valence-corrected chi connectivity index (χ0v) is 22.9. The zero-order chi connectivity index (χ0) is 29.7. The van der Waals surface area contributed by atoms with Crippen molar-refractivity contribution in [1.29, 1.82) is 5.26 Å². The molecule has 5 rings (SSSR count). The highest BCUT2D eigenvalue weighted by atomic mass is 19.3. The van der Waals surface area contributed by atoms with Gasteiger partial charge < -0.3 is 25.1 Å². The molecule has 2 fully saturated rings. The fraction of sp³-hybridized carbons (Fsp3) is 0.448. The molecule has 3 unspecified atom stereocenters. The Hall–Kier alpha value is -4.11. The number of aldehydes is 1. The molecule has 1 aromatic carbocycles. The number of anilines is 1. The lowest BCUT2D eigenvalue weighted by Gasteiger charge is -2.33. The summed E-state index contributed by atoms with van der Waals surface area (Å²) in [5.74, 6) is -3.59. The Morgan fingerprint density at radius 2 is 2.05 bits per heavy atom. The quantitative estimate of drug-likeness (QED) is 0.302. The van der Waals surface area contributed by atoms with E-state index in [1.165, 1.54) is 17.2 Å². The van der Waals surface area contributed by atoms with Gasteiger partial charge in [0.2, 0.25) is 11.8 Å². The Balaban J connectivity index is 0.000000328. The van der Waals surface area contributed by atoms with Gasteiger partial charge in [0.15, 0.2) is 6.19 Å². The molecule has 2 aromatic heterocycles. The predicted octanol–water partition coefficient (Wildman–Crippen LogP) is 3.98. The Morgan fingerprint density at radius 1 is 1.32 bits per heavy atom. The van der Waals surface area contributed by atoms with Gasteiger partial charge in [0, 0.05) is 66.9 Å². The highest BCUT2D eigenvalue weighted by Crippen LogP contribution is 2.34. The summed E-state index contributed by atoms with van der Waals surface area (Å²) in [6, 6.07) is 5.47. The summed E-state index contributed by atoms with van der Waals surface area (Å²) in [7, 11) is 1.75. The number of carbonyl (C=O) groups is 2. The van der Waals surface area contributed by atoms with Crippen LogP contribution in [-0.2, 0) is 9.59 Å². The lowest BCUT2D eigenvalue weighted by Crippen LogP contribution is -2.46. The number of alkyl halides is 2. The van der Waals surface area contributed by atoms with Crippen LogP contribution < -0.4 is 10.2 Å². The second-order valence-corrected chi connectivity index (χ2v) is 10.6. The van der Waals surface area contributed by atoms with Gasteiger partial charge in [-0.3, -0.25) is 14.7 Å². The molecule has 1 aliphatic carbocycles. The SMILES string of the molecule is Cc1c[nH]c2cc(N(C)C(C(=O)NC3CCC(F)(F)CC3)c3cncc(F)c3)ccc12.N#CN1CC(O)CC1C=O. The number of likely N-dealkylation sites (N-methyl/N-ethyl adjacent to an activating group) is 1. The third-order valence-electron chi connectivity index (χ3n) is 7.63. The van der Waals surface area contributed by atoms with Crippen molar-refractivity contribution in [2.24, 2.45) is 0 Å². The minimum Gasteiger partial charge on any atom is -0.391 e. The van der Waals surface area contributed by atoms with Gasteiger partial charge in [-0.05, 0) is 43.5 Å². The van der Waals surface area contributed by atoms with E-state index in [-0.39, 0.29) is 37.6 Å². The van der Waals surface area contributed by atoms with Gasteiger partial charge in [0.1, 0.15) is 18.1 Å². The number of aromatic nitrogens is 2. The molecule has 3 atom stereocenters. The summed E-state index contributed by atoms with van der Waals surface area (Å²) >= 11 is 0. The number of fused-ring (bicyclic) bond motifs is 1. The van der Waals surface area contributed by atoms with E-state index in [0.29, 0.717) is 24.8 Å². The fourth-order valence-electron chi connectivity index (χ4n) is 5.31. The van der Waals surface area contributed by atoms with Crippen LogP contribution in [0, 0.1) is 24.2 Å². The molecule has 41 heavy (non-hydrogen) atoms. The first kappa shape index (κ1) is 29.9. The number of carbonyl (C=O) groups excluding carboxylic acids is 2. The van der Waals surface area contributed by atoms with Crippen LogP contribution in [0.15, 0.2) is 42.9 Å². The van der Waals surface area contributed by atoms with Crippen LogP contribution in [0.3, 0.4) is 0 Å². The maximum Gasteiger partial charge on any atom is 0.248 e. The average molecular weight is 571 g/mol. The summed E-state index contributed by atoms with van der Waals surface area (Å²) in [5, 5.41) is 21.3. The van der Waals surface area contributed by atoms with Crippen LogP contribution in [0.2, 0.25) is 0 Å². The molecule has 0 spiro atoms. The maximum atomic E-state index is 13.9. The molecule has 3 aromatic rings. The van der Waals surface area contributed by atoms with Crippen molar-refractivity contribution >= 4 is 28.8 Å². The Bertz CT molecular complexity index is 1410. The number of likely N-dealkylation sites (tertiary alicyclic amines) is 1. The van der Waals surface area contributed by atoms with Gasteiger partial charge in [-0.2, -0.15) is 5.26 Å². The lowest BCUT2D eigenvalue weighted by atomic mass is 9.92. The lowest BCUT2D eigenvalue weighted by molar-refractivity contribution is -0.124. The minimum absolute atomic E-state index is 0.213. The highest BCUT2D eigenvalue weighted by molar-refractivity contribution is 5.89. The van der Waals surface area contributed by atoms with E-state index in [4.69, 9.17) is 10.4 Å². The zero-order valence-electron chi connectivity index (χ0n) is 22.9. The number of aliphatic hydroxyl groups is 1. The van der Waals surface area contributed by atoms with Crippen LogP contribution >= 0.6 is 0 Å². The van der Waals surface area contributed by atoms with Crippen LogP contribution in [0.5, 0.6) is 0 Å². The normalized spacial score (nSPS) is 21.0. The third-order valence-corrected chi connectivity index (χ3v) is 7.63. The van der Waals surface area contributed by atoms with Crippen molar-refractivity contribution in [3.63, 3.8) is 0 Å². The van der Waals surface area contributed by atoms with Gasteiger partial charge in [0.25, 0.3) is 0 Å². The van der Waals surface area contributed by atoms with Gasteiger partial charge in [-0.25, -0.2) is 13.2 Å². The van der Waals surface area contributed by atoms with E-state index < -0.39 is 29.9 Å². The van der Waals surface area contributed by atoms with E-state index in [9.17, 15) is 22.8 Å². The van der Waals surface area contributed by atoms with Crippen LogP contribution in [0.25, 0.3) is 10.9 Å². The number of amides is 1. The molecule has 9 nitrogen and oxygen atoms in total. The van der Waals surface area contributed by atoms with E-state index in [1.54, 1.807) is 11.9 Å². The number of hydrogen-bond donors (Lipinski definition) is 3. The summed E-state index contributed by atoms with van der Waals surface area (Å²) in [5.41, 5.74) is 3.19. The fourth-order valence-corrected chi connectivity index (χ4v) is 5.31. The highest BCUT2D eigenvalue weighted by Gasteiger charge is 2.37. The van der Waals surface area contributed by atoms with Gasteiger partial charge >= 0.3 is 0 Å². The van der Waals surface area contributed by atoms with Gasteiger partial charge in [-0.1, -0.05) is 6.07 Å². The van der Waals surface area contributed by atoms with E-state index >= 15 is 0 Å². The van der Waals surface area contributed by atoms with Crippen molar-refractivity contribution < 1.29 is 27.9 Å². The monoisotopic (exact) mass is 570 g/mol. The number of rotatable bonds is 6. The third kappa shape index (κ3) is 7.16. The second kappa shape index (κ2) is 12.6. The number of aliphatic hydroxyl groups excluding tert-OH is 1. The van der Waals surface area contributed by atoms with E-state index in [0.717, 1.165) is 28.4 Å². The van der Waals surface area contributed by atoms with Crippen molar-refractivity contribution in [3.05, 3.63) is 59.8 Å². The van der Waals surface area contributed by atoms with Crippen LogP contribution in [-0.4, -0.2) is 69.9 Å². The number of aryl methyl sites for hydroxylation is 1. The number of pyridine rings is 1. The summed E-state index contributed by atoms with van der Waals surface area (Å²) in [6.45, 7) is 2.30. The first-order valence-electron chi connectivity index (χ1n) is 13.4. The number of β-amino-alcohol motifs (C(OH)–C–C–N with tert-alkyl or cyclic N) is 1. The van der Waals surface area contributed by atoms with E-state index in [2.05, 4.69) is 15.3 Å². The Kier molecular flexibility index (Phi) is 9.18. The molecule has 2 aliphatic rings. The molecule has 0 bridgehead atoms. The minimum atomic E-state index is -2.67. The summed E-state index contributed by atoms with van der Waals surface area (Å²) in [4.78, 5) is 33.6. The topological polar surface area (TPSA) is 125 Å². The number of nitrogens with zero attached hydrogens (tertiary/aromatic N) is 4. The summed E-state index contributed by atoms with van der Waals surface area (Å²) in [6.07, 6.45) is 6.77. The standard InChI is InChI=1S/C23H25F3N4O.C6H8N2O2/c1-14-11-28-20-10-18(3-4-19(14)20)30(2)21(15-9-16(24)13-27-12-15)22(31)29-17-5-7-23(25,26)8-6-17;7-4-8-2-6(10)1-5(8)3-9/h3-4,9-13,17,21,28H,5-8H2,1-2H3,(H,29,31);3,5-6,10H,1-2H2. The van der Waals surface area contributed by atoms with Crippen molar-refractivity contribution in [2.75, 3.05) is 18.5 Å². The largest absolute Gasteiger partial charge is 0.391 e. The molecule has 3 heterocycles. The number of benzene rings is 1. The molecule has 3 N–H and O–H groups in total. The number of H-pyrrole nitrogens is 1. The second-order valence-electron chi connectivity index (χ2n) is 10.6. The van der Waals surface area contributed by atoms with Crippen molar-refractivity contribution in [3.8, 4) is 6.19 Å². The Labute approximate surface area is 236 Å². The molecule has 1 saturated heterocycles. The molecule has 0 radical (unpaired) electrons. The maximum absolute atomic E-state index is 13.9. The summed E-state index contributed by atoms with van der Waals surface area (Å²) < 4.78 is 40.9. The van der Waals surface area contributed by atoms with Gasteiger partial charge in [-0.15, -0.1) is 0 Å². The van der Waals surface area contributed by atoms with Crippen molar-refractivity contribution in [2.45, 2.75) is 69.2 Å². The molecule has 1 amide bonds. The number of nitriles is 1. The molecule has 1 saturated carbocycles. The molecular weight excluding hydrogens is 537 g/mol. The smallest absolute Gasteiger partial charge is 0.248 e. The molecule has 12 heteroatoms. The van der Waals surface area contributed by atoms with Gasteiger partial charge in [0.05, 0.1) is 24.9 Å². The van der Waals surface area contributed by atoms with E-state index in [1.807, 2.05) is 37.5 Å². The molecule has 218 valence electrons. The number of nitrogens with one attached hydrogen (secondary N) is 2. The molecule has 1 aliphatic heterocycles. The number of halogens is 3. The van der Waals surface area contributed by atoms with Crippen LogP contribution in [0.4, 0.5) is 18.9 Å². The predicted molar refractivity (Wildman–Crippen MR) is 147 cm³/mol. The number of aromatic amines is 1. The Morgan fingerprint density at radius 3 is 2.68 bits per heavy atom. The van der Waals surface area contributed by atoms with Crippen molar-refractivity contribution in [1.82, 2.24) is 20.2 Å². The average Bonchev–Trinajstić information content (AvgIpc) is 3.51. The first-order chi connectivity index (χ1) is 19.5. The first-order valence-corrected chi connectivity index (χ1v) is 13.4. The molecular formula is C29H33F3N6O3. The number of hydrogen-bond acceptors (Lipinski definition) is 7. The van der Waals surface area contributed by atoms with Crippen LogP contribution in [0.1, 0.15) is 49.3 Å².